The molecule has 2 aromatic rings. The maximum atomic E-state index is 12.2. The monoisotopic (exact) mass is 330 g/mol. The van der Waals surface area contributed by atoms with Crippen LogP contribution in [-0.4, -0.2) is 23.7 Å². The summed E-state index contributed by atoms with van der Waals surface area (Å²) >= 11 is 0. The molecule has 6 nitrogen and oxygen atoms in total. The highest BCUT2D eigenvalue weighted by Gasteiger charge is 2.55. The number of pyridine rings is 1. The normalized spacial score (nSPS) is 22.2. The fraction of sp³-hybridized carbons (Fsp3) is 0.211. The van der Waals surface area contributed by atoms with E-state index in [2.05, 4.69) is 21.5 Å². The van der Waals surface area contributed by atoms with E-state index in [4.69, 9.17) is 16.4 Å². The van der Waals surface area contributed by atoms with Gasteiger partial charge in [0, 0.05) is 29.6 Å². The molecule has 6 heteroatoms. The van der Waals surface area contributed by atoms with E-state index in [1.165, 1.54) is 6.20 Å². The first-order chi connectivity index (χ1) is 12.2. The van der Waals surface area contributed by atoms with Gasteiger partial charge in [0.25, 0.3) is 0 Å². The van der Waals surface area contributed by atoms with Crippen molar-refractivity contribution in [2.75, 3.05) is 11.9 Å². The van der Waals surface area contributed by atoms with Crippen molar-refractivity contribution in [3.05, 3.63) is 53.2 Å². The van der Waals surface area contributed by atoms with Gasteiger partial charge in [-0.2, -0.15) is 5.26 Å². The maximum Gasteiger partial charge on any atom is 0.320 e. The number of amides is 2. The first-order valence-corrected chi connectivity index (χ1v) is 7.86. The van der Waals surface area contributed by atoms with Crippen molar-refractivity contribution in [2.24, 2.45) is 5.92 Å². The standard InChI is InChI=1S/C19H14N4O2/c1-2-11-3-5-13-15(7-11)25-10-14-17(13)18(14)23-19(24)22-16-6-4-12(8-20)9-21-16/h1,3-7,9,14,17-18H,10H2,(H2,21,22,23,24). The number of nitrogens with zero attached hydrogens (tertiary/aromatic N) is 2. The van der Waals surface area contributed by atoms with Crippen LogP contribution in [0.2, 0.25) is 0 Å². The summed E-state index contributed by atoms with van der Waals surface area (Å²) in [6.07, 6.45) is 6.83. The zero-order chi connectivity index (χ0) is 17.4. The average Bonchev–Trinajstić information content (AvgIpc) is 3.34. The van der Waals surface area contributed by atoms with Crippen molar-refractivity contribution in [1.82, 2.24) is 10.3 Å². The number of urea groups is 1. The molecule has 4 rings (SSSR count). The molecule has 3 unspecified atom stereocenters. The van der Waals surface area contributed by atoms with Crippen LogP contribution in [0, 0.1) is 29.6 Å². The largest absolute Gasteiger partial charge is 0.493 e. The van der Waals surface area contributed by atoms with Crippen LogP contribution in [0.4, 0.5) is 10.6 Å². The van der Waals surface area contributed by atoms with Gasteiger partial charge in [0.15, 0.2) is 0 Å². The number of rotatable bonds is 2. The Morgan fingerprint density at radius 2 is 2.16 bits per heavy atom. The topological polar surface area (TPSA) is 87.0 Å². The molecule has 25 heavy (non-hydrogen) atoms. The zero-order valence-corrected chi connectivity index (χ0v) is 13.2. The van der Waals surface area contributed by atoms with E-state index in [1.54, 1.807) is 12.1 Å². The summed E-state index contributed by atoms with van der Waals surface area (Å²) in [6.45, 7) is 0.561. The van der Waals surface area contributed by atoms with E-state index in [0.717, 1.165) is 16.9 Å². The van der Waals surface area contributed by atoms with E-state index >= 15 is 0 Å². The summed E-state index contributed by atoms with van der Waals surface area (Å²) in [4.78, 5) is 16.2. The highest BCUT2D eigenvalue weighted by atomic mass is 16.5. The van der Waals surface area contributed by atoms with Crippen molar-refractivity contribution in [3.63, 3.8) is 0 Å². The molecule has 1 aromatic carbocycles. The Kier molecular flexibility index (Phi) is 3.52. The molecule has 122 valence electrons. The lowest BCUT2D eigenvalue weighted by atomic mass is 10.0. The minimum atomic E-state index is -0.321. The predicted octanol–water partition coefficient (Wildman–Crippen LogP) is 2.23. The molecule has 0 spiro atoms. The summed E-state index contributed by atoms with van der Waals surface area (Å²) in [5, 5.41) is 14.4. The lowest BCUT2D eigenvalue weighted by molar-refractivity contribution is 0.249. The number of nitriles is 1. The van der Waals surface area contributed by atoms with Crippen LogP contribution < -0.4 is 15.4 Å². The number of benzene rings is 1. The fourth-order valence-electron chi connectivity index (χ4n) is 3.25. The van der Waals surface area contributed by atoms with Gasteiger partial charge in [-0.25, -0.2) is 9.78 Å². The third kappa shape index (κ3) is 2.75. The highest BCUT2D eigenvalue weighted by molar-refractivity contribution is 5.89. The Labute approximate surface area is 144 Å². The van der Waals surface area contributed by atoms with Crippen molar-refractivity contribution in [3.8, 4) is 24.2 Å². The first kappa shape index (κ1) is 15.0. The van der Waals surface area contributed by atoms with E-state index in [-0.39, 0.29) is 23.9 Å². The van der Waals surface area contributed by atoms with Crippen LogP contribution in [0.5, 0.6) is 5.75 Å². The number of hydrogen-bond donors (Lipinski definition) is 2. The smallest absolute Gasteiger partial charge is 0.320 e. The third-order valence-corrected chi connectivity index (χ3v) is 4.57. The molecular weight excluding hydrogens is 316 g/mol. The Bertz CT molecular complexity index is 924. The van der Waals surface area contributed by atoms with Gasteiger partial charge in [0.05, 0.1) is 12.2 Å². The van der Waals surface area contributed by atoms with Crippen LogP contribution in [0.1, 0.15) is 22.6 Å². The van der Waals surface area contributed by atoms with Crippen LogP contribution in [-0.2, 0) is 0 Å². The number of anilines is 1. The van der Waals surface area contributed by atoms with Crippen LogP contribution in [0.3, 0.4) is 0 Å². The molecule has 1 fully saturated rings. The van der Waals surface area contributed by atoms with E-state index < -0.39 is 0 Å². The van der Waals surface area contributed by atoms with Crippen molar-refractivity contribution >= 4 is 11.8 Å². The quantitative estimate of drug-likeness (QED) is 0.827. The molecule has 1 aliphatic carbocycles. The van der Waals surface area contributed by atoms with Gasteiger partial charge in [-0.05, 0) is 29.8 Å². The summed E-state index contributed by atoms with van der Waals surface area (Å²) in [7, 11) is 0. The Hall–Kier alpha value is -3.51. The van der Waals surface area contributed by atoms with Gasteiger partial charge in [-0.15, -0.1) is 6.42 Å². The SMILES string of the molecule is C#Cc1ccc2c(c1)OCC1C(NC(=O)Nc3ccc(C#N)cn3)C21. The van der Waals surface area contributed by atoms with Gasteiger partial charge in [0.1, 0.15) is 17.6 Å². The molecule has 0 saturated heterocycles. The Morgan fingerprint density at radius 1 is 1.32 bits per heavy atom. The number of nitrogens with one attached hydrogen (secondary N) is 2. The number of ether oxygens (including phenoxy) is 1. The summed E-state index contributed by atoms with van der Waals surface area (Å²) < 4.78 is 5.77. The molecule has 1 saturated carbocycles. The molecular formula is C19H14N4O2. The van der Waals surface area contributed by atoms with Gasteiger partial charge in [-0.3, -0.25) is 5.32 Å². The van der Waals surface area contributed by atoms with Crippen LogP contribution in [0.25, 0.3) is 0 Å². The molecule has 2 N–H and O–H groups in total. The molecule has 1 aromatic heterocycles. The number of carbonyl (C=O) groups is 1. The van der Waals surface area contributed by atoms with E-state index in [1.807, 2.05) is 24.3 Å². The minimum Gasteiger partial charge on any atom is -0.493 e. The highest BCUT2D eigenvalue weighted by Crippen LogP contribution is 2.54. The van der Waals surface area contributed by atoms with Crippen LogP contribution >= 0.6 is 0 Å². The zero-order valence-electron chi connectivity index (χ0n) is 13.2. The molecule has 0 bridgehead atoms. The lowest BCUT2D eigenvalue weighted by Gasteiger charge is -2.15. The fourth-order valence-corrected chi connectivity index (χ4v) is 3.25. The number of terminal acetylenes is 1. The predicted molar refractivity (Wildman–Crippen MR) is 91.0 cm³/mol. The minimum absolute atomic E-state index is 0.0244. The molecule has 2 heterocycles. The molecule has 3 atom stereocenters. The second kappa shape index (κ2) is 5.85. The van der Waals surface area contributed by atoms with Crippen molar-refractivity contribution < 1.29 is 9.53 Å². The summed E-state index contributed by atoms with van der Waals surface area (Å²) in [6, 6.07) is 10.6. The first-order valence-electron chi connectivity index (χ1n) is 7.86. The Balaban J connectivity index is 1.41. The van der Waals surface area contributed by atoms with Gasteiger partial charge in [-0.1, -0.05) is 12.0 Å². The lowest BCUT2D eigenvalue weighted by Crippen LogP contribution is -2.32. The van der Waals surface area contributed by atoms with Gasteiger partial charge >= 0.3 is 6.03 Å². The maximum absolute atomic E-state index is 12.2. The number of carbonyl (C=O) groups excluding carboxylic acids is 1. The molecule has 2 amide bonds. The summed E-state index contributed by atoms with van der Waals surface area (Å²) in [5.41, 5.74) is 2.31. The molecule has 2 aliphatic rings. The third-order valence-electron chi connectivity index (χ3n) is 4.57. The van der Waals surface area contributed by atoms with Crippen molar-refractivity contribution in [2.45, 2.75) is 12.0 Å². The van der Waals surface area contributed by atoms with Crippen LogP contribution in [0.15, 0.2) is 36.5 Å². The van der Waals surface area contributed by atoms with Gasteiger partial charge < -0.3 is 10.1 Å². The number of hydrogen-bond acceptors (Lipinski definition) is 4. The number of aromatic nitrogens is 1. The molecule has 0 radical (unpaired) electrons. The average molecular weight is 330 g/mol. The Morgan fingerprint density at radius 3 is 2.88 bits per heavy atom. The molecule has 1 aliphatic heterocycles. The summed E-state index contributed by atoms with van der Waals surface area (Å²) in [5.74, 6) is 4.31. The second-order valence-electron chi connectivity index (χ2n) is 6.07. The second-order valence-corrected chi connectivity index (χ2v) is 6.07. The van der Waals surface area contributed by atoms with Crippen molar-refractivity contribution in [1.29, 1.82) is 5.26 Å². The van der Waals surface area contributed by atoms with E-state index in [0.29, 0.717) is 18.0 Å². The number of fused-ring (bicyclic) bond motifs is 3. The van der Waals surface area contributed by atoms with Gasteiger partial charge in [0.2, 0.25) is 0 Å². The van der Waals surface area contributed by atoms with E-state index in [9.17, 15) is 4.79 Å².